The number of hydrogen-bond acceptors (Lipinski definition) is 5. The van der Waals surface area contributed by atoms with Crippen LogP contribution in [0.5, 0.6) is 5.75 Å². The van der Waals surface area contributed by atoms with Crippen LogP contribution in [-0.2, 0) is 4.79 Å². The Morgan fingerprint density at radius 3 is 2.63 bits per heavy atom. The summed E-state index contributed by atoms with van der Waals surface area (Å²) in [7, 11) is 1.58. The molecule has 4 rings (SSSR count). The van der Waals surface area contributed by atoms with Crippen molar-refractivity contribution in [3.63, 3.8) is 0 Å². The van der Waals surface area contributed by atoms with Crippen LogP contribution in [0.15, 0.2) is 63.7 Å². The second-order valence-electron chi connectivity index (χ2n) is 6.84. The molecule has 0 unspecified atom stereocenters. The average molecular weight is 423 g/mol. The number of furan rings is 1. The van der Waals surface area contributed by atoms with E-state index >= 15 is 0 Å². The van der Waals surface area contributed by atoms with Crippen LogP contribution in [-0.4, -0.2) is 18.2 Å². The molecule has 7 heteroatoms. The lowest BCUT2D eigenvalue weighted by molar-refractivity contribution is -0.111. The fourth-order valence-electron chi connectivity index (χ4n) is 3.25. The van der Waals surface area contributed by atoms with Crippen LogP contribution in [0.3, 0.4) is 0 Å². The Morgan fingerprint density at radius 2 is 1.97 bits per heavy atom. The third-order valence-electron chi connectivity index (χ3n) is 4.70. The largest absolute Gasteiger partial charge is 0.496 e. The van der Waals surface area contributed by atoms with Crippen molar-refractivity contribution in [3.8, 4) is 16.9 Å². The van der Waals surface area contributed by atoms with Crippen molar-refractivity contribution in [3.05, 3.63) is 71.2 Å². The number of nitrogens with one attached hydrogen (secondary N) is 1. The van der Waals surface area contributed by atoms with E-state index in [1.54, 1.807) is 26.4 Å². The number of aryl methyl sites for hydroxylation is 1. The van der Waals surface area contributed by atoms with E-state index < -0.39 is 0 Å². The molecule has 0 bridgehead atoms. The summed E-state index contributed by atoms with van der Waals surface area (Å²) in [5.41, 5.74) is 4.12. The van der Waals surface area contributed by atoms with Gasteiger partial charge in [0.15, 0.2) is 5.82 Å². The minimum Gasteiger partial charge on any atom is -0.496 e. The number of allylic oxidation sites excluding steroid dienone is 1. The Kier molecular flexibility index (Phi) is 5.33. The van der Waals surface area contributed by atoms with Gasteiger partial charge in [-0.15, -0.1) is 0 Å². The molecule has 1 amide bonds. The van der Waals surface area contributed by atoms with Crippen molar-refractivity contribution >= 4 is 39.9 Å². The van der Waals surface area contributed by atoms with Crippen molar-refractivity contribution in [2.24, 2.45) is 0 Å². The summed E-state index contributed by atoms with van der Waals surface area (Å²) in [5.74, 6) is 1.28. The van der Waals surface area contributed by atoms with Crippen molar-refractivity contribution in [1.29, 1.82) is 0 Å². The Bertz CT molecular complexity index is 1250. The van der Waals surface area contributed by atoms with E-state index in [4.69, 9.17) is 25.3 Å². The maximum atomic E-state index is 12.4. The molecule has 0 radical (unpaired) electrons. The van der Waals surface area contributed by atoms with Crippen LogP contribution in [0.2, 0.25) is 5.02 Å². The summed E-state index contributed by atoms with van der Waals surface area (Å²) in [6, 6.07) is 13.0. The maximum Gasteiger partial charge on any atom is 0.249 e. The number of benzene rings is 2. The summed E-state index contributed by atoms with van der Waals surface area (Å²) in [6.07, 6.45) is 3.20. The van der Waals surface area contributed by atoms with Gasteiger partial charge >= 0.3 is 0 Å². The standard InChI is InChI=1S/C23H19ClN2O4/c1-13(8-23(27)25-22-9-14(2)30-26-22)17-10-18-19(15-4-6-16(24)7-5-15)12-29-21(18)11-20(17)28-3/h4-12H,1-3H3,(H,25,26,27)/b13-8+. The van der Waals surface area contributed by atoms with Crippen molar-refractivity contribution in [2.45, 2.75) is 13.8 Å². The van der Waals surface area contributed by atoms with E-state index in [-0.39, 0.29) is 5.91 Å². The zero-order valence-corrected chi connectivity index (χ0v) is 17.4. The quantitative estimate of drug-likeness (QED) is 0.393. The van der Waals surface area contributed by atoms with Crippen molar-refractivity contribution < 1.29 is 18.5 Å². The van der Waals surface area contributed by atoms with Gasteiger partial charge in [0.1, 0.15) is 17.1 Å². The first-order chi connectivity index (χ1) is 14.4. The van der Waals surface area contributed by atoms with E-state index in [1.165, 1.54) is 6.08 Å². The lowest BCUT2D eigenvalue weighted by Crippen LogP contribution is -2.08. The number of methoxy groups -OCH3 is 1. The van der Waals surface area contributed by atoms with Gasteiger partial charge in [0, 0.05) is 39.7 Å². The molecule has 0 aliphatic heterocycles. The van der Waals surface area contributed by atoms with Gasteiger partial charge in [0.05, 0.1) is 13.4 Å². The molecule has 0 saturated carbocycles. The number of hydrogen-bond donors (Lipinski definition) is 1. The highest BCUT2D eigenvalue weighted by atomic mass is 35.5. The molecule has 0 atom stereocenters. The van der Waals surface area contributed by atoms with Gasteiger partial charge in [-0.2, -0.15) is 0 Å². The van der Waals surface area contributed by atoms with E-state index in [0.717, 1.165) is 27.6 Å². The number of carbonyl (C=O) groups is 1. The molecule has 2 heterocycles. The molecule has 152 valence electrons. The van der Waals surface area contributed by atoms with Crippen LogP contribution in [0.4, 0.5) is 5.82 Å². The topological polar surface area (TPSA) is 77.5 Å². The van der Waals surface area contributed by atoms with E-state index in [1.807, 2.05) is 43.3 Å². The molecular weight excluding hydrogens is 404 g/mol. The predicted molar refractivity (Wildman–Crippen MR) is 117 cm³/mol. The first-order valence-corrected chi connectivity index (χ1v) is 9.60. The normalized spacial score (nSPS) is 11.7. The molecule has 2 aromatic carbocycles. The zero-order valence-electron chi connectivity index (χ0n) is 16.7. The van der Waals surface area contributed by atoms with Crippen LogP contribution in [0.1, 0.15) is 18.2 Å². The smallest absolute Gasteiger partial charge is 0.249 e. The highest BCUT2D eigenvalue weighted by Gasteiger charge is 2.15. The Labute approximate surface area is 178 Å². The number of ether oxygens (including phenoxy) is 1. The van der Waals surface area contributed by atoms with Gasteiger partial charge in [-0.1, -0.05) is 28.9 Å². The van der Waals surface area contributed by atoms with Gasteiger partial charge in [0.2, 0.25) is 5.91 Å². The maximum absolute atomic E-state index is 12.4. The highest BCUT2D eigenvalue weighted by molar-refractivity contribution is 6.30. The first-order valence-electron chi connectivity index (χ1n) is 9.23. The van der Waals surface area contributed by atoms with Gasteiger partial charge in [-0.25, -0.2) is 0 Å². The lowest BCUT2D eigenvalue weighted by atomic mass is 9.99. The molecule has 6 nitrogen and oxygen atoms in total. The van der Waals surface area contributed by atoms with Gasteiger partial charge < -0.3 is 19.0 Å². The minimum atomic E-state index is -0.312. The van der Waals surface area contributed by atoms with Crippen LogP contribution in [0.25, 0.3) is 27.7 Å². The lowest BCUT2D eigenvalue weighted by Gasteiger charge is -2.10. The summed E-state index contributed by atoms with van der Waals surface area (Å²) in [5, 5.41) is 8.03. The number of aromatic nitrogens is 1. The van der Waals surface area contributed by atoms with Gasteiger partial charge in [-0.3, -0.25) is 4.79 Å². The molecule has 0 spiro atoms. The van der Waals surface area contributed by atoms with Crippen LogP contribution >= 0.6 is 11.6 Å². The number of carbonyl (C=O) groups excluding carboxylic acids is 1. The molecular formula is C23H19ClN2O4. The molecule has 0 saturated heterocycles. The van der Waals surface area contributed by atoms with E-state index in [0.29, 0.717) is 27.9 Å². The van der Waals surface area contributed by atoms with E-state index in [9.17, 15) is 4.79 Å². The fourth-order valence-corrected chi connectivity index (χ4v) is 3.37. The zero-order chi connectivity index (χ0) is 21.3. The minimum absolute atomic E-state index is 0.312. The van der Waals surface area contributed by atoms with Gasteiger partial charge in [0.25, 0.3) is 0 Å². The Morgan fingerprint density at radius 1 is 1.20 bits per heavy atom. The van der Waals surface area contributed by atoms with Crippen LogP contribution < -0.4 is 10.1 Å². The first kappa shape index (κ1) is 19.8. The van der Waals surface area contributed by atoms with Gasteiger partial charge in [-0.05, 0) is 43.2 Å². The van der Waals surface area contributed by atoms with E-state index in [2.05, 4.69) is 10.5 Å². The number of rotatable bonds is 5. The average Bonchev–Trinajstić information content (AvgIpc) is 3.32. The third-order valence-corrected chi connectivity index (χ3v) is 4.95. The molecule has 0 aliphatic carbocycles. The second kappa shape index (κ2) is 8.08. The molecule has 0 fully saturated rings. The fraction of sp³-hybridized carbons (Fsp3) is 0.130. The third kappa shape index (κ3) is 3.95. The molecule has 2 aromatic heterocycles. The molecule has 1 N–H and O–H groups in total. The Balaban J connectivity index is 1.72. The number of anilines is 1. The monoisotopic (exact) mass is 422 g/mol. The molecule has 0 aliphatic rings. The summed E-state index contributed by atoms with van der Waals surface area (Å²) >= 11 is 6.01. The Hall–Kier alpha value is -3.51. The van der Waals surface area contributed by atoms with Crippen LogP contribution in [0, 0.1) is 6.92 Å². The second-order valence-corrected chi connectivity index (χ2v) is 7.28. The summed E-state index contributed by atoms with van der Waals surface area (Å²) in [6.45, 7) is 3.60. The number of halogens is 1. The summed E-state index contributed by atoms with van der Waals surface area (Å²) in [4.78, 5) is 12.4. The predicted octanol–water partition coefficient (Wildman–Crippen LogP) is 6.10. The number of amides is 1. The van der Waals surface area contributed by atoms with Crippen molar-refractivity contribution in [2.75, 3.05) is 12.4 Å². The molecule has 30 heavy (non-hydrogen) atoms. The number of nitrogens with zero attached hydrogens (tertiary/aromatic N) is 1. The molecule has 4 aromatic rings. The highest BCUT2D eigenvalue weighted by Crippen LogP contribution is 2.37. The van der Waals surface area contributed by atoms with Crippen molar-refractivity contribution in [1.82, 2.24) is 5.16 Å². The SMILES string of the molecule is COc1cc2occ(-c3ccc(Cl)cc3)c2cc1/C(C)=C/C(=O)Nc1cc(C)on1. The number of fused-ring (bicyclic) bond motifs is 1. The summed E-state index contributed by atoms with van der Waals surface area (Å²) < 4.78 is 16.2.